The Kier molecular flexibility index (Phi) is 7.83. The molecule has 0 atom stereocenters. The molecule has 4 N–H and O–H groups in total. The van der Waals surface area contributed by atoms with Crippen molar-refractivity contribution in [2.75, 3.05) is 67.9 Å². The minimum Gasteiger partial charge on any atom is -0.507 e. The van der Waals surface area contributed by atoms with Crippen LogP contribution in [-0.2, 0) is 4.79 Å². The lowest BCUT2D eigenvalue weighted by Gasteiger charge is -2.40. The Morgan fingerprint density at radius 3 is 2.32 bits per heavy atom. The molecule has 14 nitrogen and oxygen atoms in total. The van der Waals surface area contributed by atoms with Crippen LogP contribution in [0, 0.1) is 11.7 Å². The van der Waals surface area contributed by atoms with Gasteiger partial charge < -0.3 is 20.6 Å². The number of phenolic OH excluding ortho intramolecular Hbond substituents is 1. The number of fused-ring (bicyclic) bond motifs is 1. The maximum Gasteiger partial charge on any atom is 0.343 e. The highest BCUT2D eigenvalue weighted by Gasteiger charge is 2.43. The fourth-order valence-corrected chi connectivity index (χ4v) is 6.78. The third kappa shape index (κ3) is 5.78. The molecule has 47 heavy (non-hydrogen) atoms. The number of amides is 5. The molecule has 1 aromatic heterocycles. The average Bonchev–Trinajstić information content (AvgIpc) is 3.31. The molecule has 4 aliphatic heterocycles. The molecule has 5 heterocycles. The van der Waals surface area contributed by atoms with E-state index in [4.69, 9.17) is 5.73 Å². The topological polar surface area (TPSA) is 169 Å². The van der Waals surface area contributed by atoms with Crippen molar-refractivity contribution >= 4 is 40.9 Å². The van der Waals surface area contributed by atoms with Gasteiger partial charge in [-0.2, -0.15) is 5.01 Å². The van der Waals surface area contributed by atoms with Gasteiger partial charge in [0.1, 0.15) is 11.6 Å². The Labute approximate surface area is 269 Å². The van der Waals surface area contributed by atoms with Crippen LogP contribution in [0.4, 0.5) is 26.4 Å². The first-order valence-corrected chi connectivity index (χ1v) is 15.6. The van der Waals surface area contributed by atoms with Gasteiger partial charge in [-0.15, -0.1) is 10.2 Å². The number of rotatable bonds is 6. The van der Waals surface area contributed by atoms with Gasteiger partial charge in [-0.1, -0.05) is 0 Å². The molecule has 0 spiro atoms. The summed E-state index contributed by atoms with van der Waals surface area (Å²) in [6, 6.07) is 9.87. The molecule has 0 bridgehead atoms. The predicted octanol–water partition coefficient (Wildman–Crippen LogP) is 2.06. The lowest BCUT2D eigenvalue weighted by Crippen LogP contribution is -2.58. The molecule has 3 saturated heterocycles. The number of carbonyl (C=O) groups excluding carboxylic acids is 4. The summed E-state index contributed by atoms with van der Waals surface area (Å²) in [5.41, 5.74) is 8.83. The van der Waals surface area contributed by atoms with Gasteiger partial charge in [0.05, 0.1) is 29.1 Å². The van der Waals surface area contributed by atoms with Crippen molar-refractivity contribution in [2.45, 2.75) is 19.3 Å². The molecule has 15 heteroatoms. The summed E-state index contributed by atoms with van der Waals surface area (Å²) in [4.78, 5) is 56.9. The zero-order valence-electron chi connectivity index (χ0n) is 25.6. The van der Waals surface area contributed by atoms with Gasteiger partial charge in [-0.3, -0.25) is 24.6 Å². The second-order valence-electron chi connectivity index (χ2n) is 12.3. The van der Waals surface area contributed by atoms with Crippen LogP contribution in [-0.4, -0.2) is 106 Å². The van der Waals surface area contributed by atoms with E-state index in [1.54, 1.807) is 18.2 Å². The van der Waals surface area contributed by atoms with E-state index in [0.29, 0.717) is 17.3 Å². The number of hydrogen-bond acceptors (Lipinski definition) is 11. The van der Waals surface area contributed by atoms with Gasteiger partial charge in [0.15, 0.2) is 5.82 Å². The minimum absolute atomic E-state index is 0.0108. The molecule has 4 aliphatic rings. The lowest BCUT2D eigenvalue weighted by atomic mass is 9.95. The van der Waals surface area contributed by atoms with E-state index in [0.717, 1.165) is 74.4 Å². The smallest absolute Gasteiger partial charge is 0.343 e. The summed E-state index contributed by atoms with van der Waals surface area (Å²) in [6.07, 6.45) is 1.96. The largest absolute Gasteiger partial charge is 0.507 e. The van der Waals surface area contributed by atoms with E-state index in [-0.39, 0.29) is 41.2 Å². The van der Waals surface area contributed by atoms with Crippen molar-refractivity contribution < 1.29 is 28.7 Å². The highest BCUT2D eigenvalue weighted by Crippen LogP contribution is 2.34. The van der Waals surface area contributed by atoms with Gasteiger partial charge in [0.2, 0.25) is 5.91 Å². The second kappa shape index (κ2) is 12.1. The lowest BCUT2D eigenvalue weighted by molar-refractivity contribution is -0.122. The molecule has 0 saturated carbocycles. The number of hydrogen-bond donors (Lipinski definition) is 3. The molecule has 2 aromatic carbocycles. The van der Waals surface area contributed by atoms with Crippen LogP contribution in [0.25, 0.3) is 11.3 Å². The summed E-state index contributed by atoms with van der Waals surface area (Å²) in [5.74, 6) is -1.36. The van der Waals surface area contributed by atoms with E-state index >= 15 is 0 Å². The number of nitrogen functional groups attached to an aromatic ring is 1. The highest BCUT2D eigenvalue weighted by atomic mass is 19.1. The summed E-state index contributed by atoms with van der Waals surface area (Å²) >= 11 is 0. The van der Waals surface area contributed by atoms with Crippen LogP contribution in [0.2, 0.25) is 0 Å². The number of imide groups is 2. The molecular weight excluding hydrogens is 609 g/mol. The number of nitrogens with one attached hydrogen (secondary N) is 1. The number of piperazine rings is 1. The van der Waals surface area contributed by atoms with Crippen molar-refractivity contribution in [3.05, 3.63) is 59.4 Å². The first kappa shape index (κ1) is 30.3. The molecule has 3 aromatic rings. The maximum atomic E-state index is 13.8. The Morgan fingerprint density at radius 1 is 0.830 bits per heavy atom. The van der Waals surface area contributed by atoms with Crippen LogP contribution >= 0.6 is 0 Å². The Balaban J connectivity index is 0.931. The van der Waals surface area contributed by atoms with Crippen LogP contribution in [0.15, 0.2) is 42.5 Å². The number of aromatic hydroxyl groups is 1. The van der Waals surface area contributed by atoms with Gasteiger partial charge in [0, 0.05) is 63.5 Å². The van der Waals surface area contributed by atoms with Gasteiger partial charge >= 0.3 is 6.03 Å². The third-order valence-corrected chi connectivity index (χ3v) is 9.37. The number of nitrogens with two attached hydrogens (primary N) is 1. The molecule has 7 rings (SSSR count). The number of carbonyl (C=O) groups is 4. The monoisotopic (exact) mass is 643 g/mol. The van der Waals surface area contributed by atoms with Gasteiger partial charge in [-0.25, -0.2) is 14.2 Å². The Hall–Kier alpha value is -5.31. The van der Waals surface area contributed by atoms with Crippen molar-refractivity contribution in [1.82, 2.24) is 30.4 Å². The van der Waals surface area contributed by atoms with E-state index in [1.165, 1.54) is 18.2 Å². The van der Waals surface area contributed by atoms with Crippen molar-refractivity contribution in [3.63, 3.8) is 0 Å². The predicted molar refractivity (Wildman–Crippen MR) is 169 cm³/mol. The zero-order chi connectivity index (χ0) is 32.8. The quantitative estimate of drug-likeness (QED) is 0.336. The summed E-state index contributed by atoms with van der Waals surface area (Å²) in [5, 5.41) is 22.3. The van der Waals surface area contributed by atoms with Crippen molar-refractivity contribution in [2.24, 2.45) is 5.92 Å². The Bertz CT molecular complexity index is 1770. The van der Waals surface area contributed by atoms with Crippen LogP contribution in [0.3, 0.4) is 0 Å². The highest BCUT2D eigenvalue weighted by molar-refractivity contribution is 6.22. The molecular formula is C32H34FN9O5. The molecule has 0 aliphatic carbocycles. The number of piperidine rings is 1. The SMILES string of the molecule is Nc1nnc(-c2cc(F)ccc2O)cc1N1CCN(CC2CCN(c3ccc4c(c3)C(=O)N(N3CCC(=O)NC3=O)C4=O)CC2)CC1. The Morgan fingerprint density at radius 2 is 1.57 bits per heavy atom. The van der Waals surface area contributed by atoms with Crippen molar-refractivity contribution in [1.29, 1.82) is 0 Å². The maximum absolute atomic E-state index is 13.8. The van der Waals surface area contributed by atoms with Gasteiger partial charge in [0.25, 0.3) is 11.8 Å². The van der Waals surface area contributed by atoms with Crippen LogP contribution in [0.1, 0.15) is 40.0 Å². The van der Waals surface area contributed by atoms with E-state index in [2.05, 4.69) is 30.2 Å². The van der Waals surface area contributed by atoms with Crippen LogP contribution < -0.4 is 20.9 Å². The number of aromatic nitrogens is 2. The molecule has 5 amide bonds. The fourth-order valence-electron chi connectivity index (χ4n) is 6.78. The number of nitrogens with zero attached hydrogens (tertiary/aromatic N) is 7. The molecule has 0 unspecified atom stereocenters. The summed E-state index contributed by atoms with van der Waals surface area (Å²) in [6.45, 7) is 5.67. The number of halogens is 1. The zero-order valence-corrected chi connectivity index (χ0v) is 25.6. The molecule has 0 radical (unpaired) electrons. The second-order valence-corrected chi connectivity index (χ2v) is 12.3. The normalized spacial score (nSPS) is 19.4. The first-order chi connectivity index (χ1) is 22.7. The molecule has 3 fully saturated rings. The standard InChI is InChI=1S/C32H34FN9O5/c33-20-1-4-27(43)24(15-20)25-17-26(29(34)37-36-25)40-13-11-38(12-14-40)18-19-5-8-39(9-6-19)21-2-3-22-23(16-21)31(46)42(30(22)45)41-10-7-28(44)35-32(41)47/h1-4,15-17,19,43H,5-14,18H2,(H2,34,37)(H,35,44,47). The third-order valence-electron chi connectivity index (χ3n) is 9.37. The number of urea groups is 1. The molecule has 244 valence electrons. The first-order valence-electron chi connectivity index (χ1n) is 15.6. The number of phenols is 1. The van der Waals surface area contributed by atoms with E-state index in [9.17, 15) is 28.7 Å². The van der Waals surface area contributed by atoms with Gasteiger partial charge in [-0.05, 0) is 61.2 Å². The minimum atomic E-state index is -0.783. The number of anilines is 3. The fraction of sp³-hybridized carbons (Fsp3) is 0.375. The summed E-state index contributed by atoms with van der Waals surface area (Å²) < 4.78 is 13.8. The average molecular weight is 644 g/mol. The summed E-state index contributed by atoms with van der Waals surface area (Å²) in [7, 11) is 0. The number of benzene rings is 2. The van der Waals surface area contributed by atoms with Crippen molar-refractivity contribution in [3.8, 4) is 17.0 Å². The van der Waals surface area contributed by atoms with Crippen LogP contribution in [0.5, 0.6) is 5.75 Å². The number of hydrazine groups is 1. The van der Waals surface area contributed by atoms with E-state index in [1.807, 2.05) is 6.07 Å². The van der Waals surface area contributed by atoms with E-state index < -0.39 is 29.6 Å².